The molecule has 0 bridgehead atoms. The second-order valence-corrected chi connectivity index (χ2v) is 26.0. The first-order valence-corrected chi connectivity index (χ1v) is 31.1. The number of amides is 1. The second-order valence-electron chi connectivity index (χ2n) is 26.0. The van der Waals surface area contributed by atoms with Crippen LogP contribution in [0.5, 0.6) is 5.75 Å². The molecule has 3 heterocycles. The molecular weight excluding hydrogens is 1030 g/mol. The zero-order chi connectivity index (χ0) is 60.3. The van der Waals surface area contributed by atoms with E-state index in [0.717, 1.165) is 53.1 Å². The molecule has 1 aliphatic heterocycles. The van der Waals surface area contributed by atoms with Gasteiger partial charge in [-0.3, -0.25) is 4.79 Å². The molecule has 2 aromatic heterocycles. The van der Waals surface area contributed by atoms with Gasteiger partial charge in [0, 0.05) is 35.5 Å². The average molecular weight is 1120 g/mol. The van der Waals surface area contributed by atoms with Crippen LogP contribution in [-0.4, -0.2) is 40.3 Å². The van der Waals surface area contributed by atoms with E-state index in [1.807, 2.05) is 24.3 Å². The maximum Gasteiger partial charge on any atom is 0.235 e. The van der Waals surface area contributed by atoms with Gasteiger partial charge in [0.05, 0.1) is 40.3 Å². The Hall–Kier alpha value is -7.35. The molecule has 0 saturated heterocycles. The van der Waals surface area contributed by atoms with Gasteiger partial charge in [-0.2, -0.15) is 0 Å². The number of fused-ring (bicyclic) bond motifs is 10. The van der Waals surface area contributed by atoms with Crippen LogP contribution in [0.3, 0.4) is 0 Å². The van der Waals surface area contributed by atoms with Gasteiger partial charge < -0.3 is 19.4 Å². The van der Waals surface area contributed by atoms with Crippen LogP contribution >= 0.6 is 0 Å². The molecule has 12 rings (SSSR count). The molecule has 0 saturated carbocycles. The summed E-state index contributed by atoms with van der Waals surface area (Å²) in [7, 11) is 1.77. The highest BCUT2D eigenvalue weighted by atomic mass is 16.5. The molecule has 2 aliphatic carbocycles. The molecule has 84 heavy (non-hydrogen) atoms. The molecule has 7 aromatic carbocycles. The number of anilines is 1. The molecule has 2 unspecified atom stereocenters. The van der Waals surface area contributed by atoms with Crippen molar-refractivity contribution in [2.24, 2.45) is 11.8 Å². The first-order valence-electron chi connectivity index (χ1n) is 31.1. The van der Waals surface area contributed by atoms with Gasteiger partial charge >= 0.3 is 0 Å². The third-order valence-electron chi connectivity index (χ3n) is 17.2. The van der Waals surface area contributed by atoms with E-state index in [1.54, 1.807) is 7.11 Å². The van der Waals surface area contributed by atoms with Gasteiger partial charge in [0.25, 0.3) is 0 Å². The zero-order valence-corrected chi connectivity index (χ0v) is 53.3. The highest BCUT2D eigenvalue weighted by Crippen LogP contribution is 2.41. The molecule has 9 aromatic rings. The van der Waals surface area contributed by atoms with Crippen molar-refractivity contribution >= 4 is 55.5 Å². The fourth-order valence-electron chi connectivity index (χ4n) is 11.5. The molecule has 438 valence electrons. The number of nitrogens with zero attached hydrogens (tertiary/aromatic N) is 3. The lowest BCUT2D eigenvalue weighted by atomic mass is 9.89. The van der Waals surface area contributed by atoms with E-state index in [-0.39, 0.29) is 17.9 Å². The predicted octanol–water partition coefficient (Wildman–Crippen LogP) is 20.5. The Morgan fingerprint density at radius 3 is 1.61 bits per heavy atom. The quantitative estimate of drug-likeness (QED) is 0.131. The topological polar surface area (TPSA) is 78.3 Å². The third kappa shape index (κ3) is 13.6. The Morgan fingerprint density at radius 2 is 1.01 bits per heavy atom. The van der Waals surface area contributed by atoms with Crippen LogP contribution in [0.25, 0.3) is 55.0 Å². The third-order valence-corrected chi connectivity index (χ3v) is 17.2. The van der Waals surface area contributed by atoms with E-state index >= 15 is 0 Å². The number of carbonyl (C=O) groups is 1. The molecule has 0 radical (unpaired) electrons. The molecule has 7 heteroatoms. The van der Waals surface area contributed by atoms with Crippen LogP contribution in [0.1, 0.15) is 202 Å². The predicted molar refractivity (Wildman–Crippen MR) is 357 cm³/mol. The van der Waals surface area contributed by atoms with Crippen LogP contribution in [0.15, 0.2) is 151 Å². The number of benzene rings is 7. The molecule has 2 atom stereocenters. The number of hydrogen-bond acceptors (Lipinski definition) is 5. The van der Waals surface area contributed by atoms with Crippen LogP contribution < -0.4 is 10.1 Å². The van der Waals surface area contributed by atoms with Crippen LogP contribution in [-0.2, 0) is 22.5 Å². The highest BCUT2D eigenvalue weighted by Gasteiger charge is 2.33. The smallest absolute Gasteiger partial charge is 0.235 e. The van der Waals surface area contributed by atoms with Crippen molar-refractivity contribution in [3.05, 3.63) is 201 Å². The summed E-state index contributed by atoms with van der Waals surface area (Å²) >= 11 is 0. The Labute approximate surface area is 502 Å². The first-order chi connectivity index (χ1) is 40.1. The summed E-state index contributed by atoms with van der Waals surface area (Å²) < 4.78 is 13.9. The van der Waals surface area contributed by atoms with Crippen LogP contribution in [0.2, 0.25) is 0 Å². The van der Waals surface area contributed by atoms with Crippen LogP contribution in [0.4, 0.5) is 5.69 Å². The maximum absolute atomic E-state index is 12.5. The lowest BCUT2D eigenvalue weighted by Crippen LogP contribution is -2.33. The van der Waals surface area contributed by atoms with Crippen molar-refractivity contribution in [2.75, 3.05) is 19.0 Å². The Bertz CT molecular complexity index is 3820. The van der Waals surface area contributed by atoms with Crippen molar-refractivity contribution < 1.29 is 14.3 Å². The fraction of sp³-hybridized carbons (Fsp3) is 0.390. The maximum atomic E-state index is 12.5. The molecule has 1 amide bonds. The minimum Gasteiger partial charge on any atom is -0.483 e. The molecule has 0 fully saturated rings. The van der Waals surface area contributed by atoms with Gasteiger partial charge in [-0.05, 0) is 181 Å². The van der Waals surface area contributed by atoms with E-state index in [4.69, 9.17) is 19.4 Å². The van der Waals surface area contributed by atoms with Crippen LogP contribution in [0, 0.1) is 11.8 Å². The number of hydrogen-bond donors (Lipinski definition) is 1. The van der Waals surface area contributed by atoms with Gasteiger partial charge in [-0.25, -0.2) is 9.97 Å². The van der Waals surface area contributed by atoms with Gasteiger partial charge in [0.2, 0.25) is 5.91 Å². The molecule has 7 nitrogen and oxygen atoms in total. The number of nitrogens with one attached hydrogen (secondary N) is 1. The Kier molecular flexibility index (Phi) is 19.2. The van der Waals surface area contributed by atoms with E-state index in [2.05, 4.69) is 242 Å². The monoisotopic (exact) mass is 1120 g/mol. The fourth-order valence-corrected chi connectivity index (χ4v) is 11.5. The standard InChI is InChI=1S/C21H27NO.C19H23NO2.C19H22.C18H20N2/c1-14(2)16-7-9-20-19(12-16)18-8-6-17(15(3)4)13-21(18)22(20)10-11-23-5;1-11(2)13-6-8-17-16(9-13)20-19(21)15-7-5-14(12(3)4)10-18(15)22-17;1-12(2)14-7-8-18-17(9-14)10-16-6-5-15(13(3)4)11-19(16)18;1-11(2)13-5-7-15-17(9-13)19-16-8-6-14(12(3)4)10-18(16)20-15/h6-9,12-15H,10-11H2,1-5H3;5-12,15,18H,1-4H3,(H,20,21);5-9,11-13H,10H2,1-4H3;5-12H,1-4H3. The number of aromatic nitrogens is 3. The highest BCUT2D eigenvalue weighted by molar-refractivity contribution is 6.08. The number of ether oxygens (including phenoxy) is 2. The first kappa shape index (κ1) is 61.2. The summed E-state index contributed by atoms with van der Waals surface area (Å²) in [5.74, 6) is 4.66. The normalized spacial score (nSPS) is 15.2. The summed E-state index contributed by atoms with van der Waals surface area (Å²) in [6.45, 7) is 37.1. The summed E-state index contributed by atoms with van der Waals surface area (Å²) in [6, 6.07) is 46.7. The minimum atomic E-state index is -0.266. The van der Waals surface area contributed by atoms with E-state index in [9.17, 15) is 4.79 Å². The number of methoxy groups -OCH3 is 1. The molecule has 0 spiro atoms. The number of rotatable bonds is 11. The van der Waals surface area contributed by atoms with E-state index in [0.29, 0.717) is 47.3 Å². The summed E-state index contributed by atoms with van der Waals surface area (Å²) in [5.41, 5.74) is 23.9. The molecule has 1 N–H and O–H groups in total. The van der Waals surface area contributed by atoms with Gasteiger partial charge in [-0.1, -0.05) is 196 Å². The van der Waals surface area contributed by atoms with E-state index in [1.165, 1.54) is 88.6 Å². The van der Waals surface area contributed by atoms with Gasteiger partial charge in [0.1, 0.15) is 11.9 Å². The van der Waals surface area contributed by atoms with Gasteiger partial charge in [-0.15, -0.1) is 0 Å². The van der Waals surface area contributed by atoms with E-state index < -0.39 is 0 Å². The number of allylic oxidation sites excluding steroid dienone is 2. The lowest BCUT2D eigenvalue weighted by molar-refractivity contribution is -0.119. The SMILES string of the molecule is CC(C)C1=CC2Oc3ccc(C(C)C)cc3NC(=O)C2C=C1.CC(C)c1ccc2c(c1)Cc1ccc(C(C)C)cc1-2.CC(C)c1ccc2nc3cc(C(C)C)ccc3nc2c1.COCCn1c2ccc(C(C)C)cc2c2ccc(C(C)C)cc21. The summed E-state index contributed by atoms with van der Waals surface area (Å²) in [6.07, 6.45) is 6.97. The largest absolute Gasteiger partial charge is 0.483 e. The average Bonchev–Trinajstić information content (AvgIpc) is 2.71. The minimum absolute atomic E-state index is 0.0000350. The molecular formula is C77H92N4O3. The summed E-state index contributed by atoms with van der Waals surface area (Å²) in [4.78, 5) is 22.0. The van der Waals surface area contributed by atoms with Crippen molar-refractivity contribution in [1.82, 2.24) is 14.5 Å². The summed E-state index contributed by atoms with van der Waals surface area (Å²) in [5, 5.41) is 5.73. The van der Waals surface area contributed by atoms with Crippen molar-refractivity contribution in [3.8, 4) is 16.9 Å². The second kappa shape index (κ2) is 26.3. The van der Waals surface area contributed by atoms with Crippen molar-refractivity contribution in [3.63, 3.8) is 0 Å². The molecule has 3 aliphatic rings. The lowest BCUT2D eigenvalue weighted by Gasteiger charge is -2.24. The van der Waals surface area contributed by atoms with Crippen molar-refractivity contribution in [2.45, 2.75) is 171 Å². The number of carbonyl (C=O) groups excluding carboxylic acids is 1. The van der Waals surface area contributed by atoms with Crippen molar-refractivity contribution in [1.29, 1.82) is 0 Å². The zero-order valence-electron chi connectivity index (χ0n) is 53.3. The Balaban J connectivity index is 0.000000135. The van der Waals surface area contributed by atoms with Gasteiger partial charge in [0.15, 0.2) is 0 Å². The Morgan fingerprint density at radius 1 is 0.500 bits per heavy atom.